The van der Waals surface area contributed by atoms with Crippen molar-refractivity contribution in [2.45, 2.75) is 0 Å². The third kappa shape index (κ3) is 1.11. The van der Waals surface area contributed by atoms with Crippen molar-refractivity contribution in [2.24, 2.45) is 0 Å². The molecule has 0 aromatic carbocycles. The fourth-order valence-corrected chi connectivity index (χ4v) is 1.62. The molecule has 0 atom stereocenters. The Labute approximate surface area is 85.2 Å². The van der Waals surface area contributed by atoms with Crippen LogP contribution in [0.15, 0.2) is 36.7 Å². The van der Waals surface area contributed by atoms with Crippen molar-refractivity contribution in [2.75, 3.05) is 0 Å². The monoisotopic (exact) mass is 197 g/mol. The van der Waals surface area contributed by atoms with Crippen LogP contribution >= 0.6 is 0 Å². The molecule has 0 saturated carbocycles. The largest absolute Gasteiger partial charge is 0.298 e. The third-order valence-corrected chi connectivity index (χ3v) is 2.31. The quantitative estimate of drug-likeness (QED) is 0.558. The van der Waals surface area contributed by atoms with E-state index in [4.69, 9.17) is 0 Å². The maximum Gasteiger partial charge on any atom is 0.164 e. The molecule has 0 N–H and O–H groups in total. The van der Waals surface area contributed by atoms with Gasteiger partial charge in [-0.15, -0.1) is 0 Å². The van der Waals surface area contributed by atoms with E-state index in [1.54, 1.807) is 12.3 Å². The second kappa shape index (κ2) is 2.88. The second-order valence-corrected chi connectivity index (χ2v) is 3.27. The summed E-state index contributed by atoms with van der Waals surface area (Å²) in [6.45, 7) is 0. The average Bonchev–Trinajstić information content (AvgIpc) is 2.66. The minimum absolute atomic E-state index is 0.547. The van der Waals surface area contributed by atoms with Gasteiger partial charge in [0.25, 0.3) is 0 Å². The molecule has 0 aliphatic heterocycles. The van der Waals surface area contributed by atoms with Crippen LogP contribution in [-0.2, 0) is 0 Å². The Morgan fingerprint density at radius 2 is 2.27 bits per heavy atom. The third-order valence-electron chi connectivity index (χ3n) is 2.31. The van der Waals surface area contributed by atoms with Crippen LogP contribution in [0.3, 0.4) is 0 Å². The number of hydrogen-bond acceptors (Lipinski definition) is 3. The van der Waals surface area contributed by atoms with Gasteiger partial charge in [-0.3, -0.25) is 9.20 Å². The molecule has 4 heteroatoms. The molecule has 3 rings (SSSR count). The summed E-state index contributed by atoms with van der Waals surface area (Å²) in [4.78, 5) is 19.2. The summed E-state index contributed by atoms with van der Waals surface area (Å²) in [5, 5.41) is 0. The number of aldehydes is 1. The second-order valence-electron chi connectivity index (χ2n) is 3.27. The lowest BCUT2D eigenvalue weighted by Crippen LogP contribution is -1.86. The zero-order valence-corrected chi connectivity index (χ0v) is 7.79. The number of rotatable bonds is 1. The molecule has 0 radical (unpaired) electrons. The SMILES string of the molecule is O=Cc1cnc2c(c1)nc1ccccn12. The topological polar surface area (TPSA) is 47.3 Å². The summed E-state index contributed by atoms with van der Waals surface area (Å²) in [7, 11) is 0. The van der Waals surface area contributed by atoms with Crippen LogP contribution in [0.1, 0.15) is 10.4 Å². The number of aromatic nitrogens is 3. The molecule has 0 amide bonds. The molecule has 3 heterocycles. The standard InChI is InChI=1S/C11H7N3O/c15-7-8-5-9-11(12-6-8)14-4-2-1-3-10(14)13-9/h1-7H. The number of imidazole rings is 1. The highest BCUT2D eigenvalue weighted by molar-refractivity contribution is 5.84. The van der Waals surface area contributed by atoms with Gasteiger partial charge < -0.3 is 0 Å². The molecule has 72 valence electrons. The van der Waals surface area contributed by atoms with E-state index in [0.717, 1.165) is 23.1 Å². The van der Waals surface area contributed by atoms with Crippen LogP contribution in [0.2, 0.25) is 0 Å². The summed E-state index contributed by atoms with van der Waals surface area (Å²) >= 11 is 0. The van der Waals surface area contributed by atoms with Crippen LogP contribution in [0.25, 0.3) is 16.8 Å². The molecule has 0 aliphatic carbocycles. The predicted molar refractivity (Wildman–Crippen MR) is 55.9 cm³/mol. The van der Waals surface area contributed by atoms with Gasteiger partial charge in [0.1, 0.15) is 11.2 Å². The Morgan fingerprint density at radius 1 is 1.33 bits per heavy atom. The van der Waals surface area contributed by atoms with Crippen molar-refractivity contribution in [3.63, 3.8) is 0 Å². The molecule has 0 bridgehead atoms. The normalized spacial score (nSPS) is 10.9. The van der Waals surface area contributed by atoms with Gasteiger partial charge in [0.15, 0.2) is 11.9 Å². The van der Waals surface area contributed by atoms with E-state index < -0.39 is 0 Å². The molecule has 15 heavy (non-hydrogen) atoms. The summed E-state index contributed by atoms with van der Waals surface area (Å²) < 4.78 is 1.89. The van der Waals surface area contributed by atoms with Gasteiger partial charge in [-0.2, -0.15) is 0 Å². The van der Waals surface area contributed by atoms with Gasteiger partial charge in [-0.1, -0.05) is 6.07 Å². The lowest BCUT2D eigenvalue weighted by atomic mass is 10.3. The number of nitrogens with zero attached hydrogens (tertiary/aromatic N) is 3. The lowest BCUT2D eigenvalue weighted by molar-refractivity contribution is 0.112. The van der Waals surface area contributed by atoms with Crippen molar-refractivity contribution >= 4 is 23.1 Å². The van der Waals surface area contributed by atoms with E-state index in [9.17, 15) is 4.79 Å². The predicted octanol–water partition coefficient (Wildman–Crippen LogP) is 1.69. The molecule has 0 aliphatic rings. The number of carbonyl (C=O) groups is 1. The number of pyridine rings is 2. The van der Waals surface area contributed by atoms with Crippen LogP contribution in [0.4, 0.5) is 0 Å². The first kappa shape index (κ1) is 8.11. The lowest BCUT2D eigenvalue weighted by Gasteiger charge is -1.92. The minimum atomic E-state index is 0.547. The van der Waals surface area contributed by atoms with Crippen molar-refractivity contribution < 1.29 is 4.79 Å². The van der Waals surface area contributed by atoms with Crippen molar-refractivity contribution in [1.29, 1.82) is 0 Å². The summed E-state index contributed by atoms with van der Waals surface area (Å²) in [6, 6.07) is 7.48. The molecule has 3 aromatic rings. The van der Waals surface area contributed by atoms with E-state index in [2.05, 4.69) is 9.97 Å². The van der Waals surface area contributed by atoms with Crippen molar-refractivity contribution in [3.05, 3.63) is 42.2 Å². The van der Waals surface area contributed by atoms with Gasteiger partial charge in [0, 0.05) is 18.0 Å². The van der Waals surface area contributed by atoms with Crippen LogP contribution in [0, 0.1) is 0 Å². The maximum absolute atomic E-state index is 10.6. The number of hydrogen-bond donors (Lipinski definition) is 0. The van der Waals surface area contributed by atoms with Gasteiger partial charge in [0.05, 0.1) is 0 Å². The highest BCUT2D eigenvalue weighted by atomic mass is 16.1. The molecule has 0 unspecified atom stereocenters. The van der Waals surface area contributed by atoms with Crippen LogP contribution in [-0.4, -0.2) is 20.7 Å². The molecular weight excluding hydrogens is 190 g/mol. The van der Waals surface area contributed by atoms with Gasteiger partial charge >= 0.3 is 0 Å². The average molecular weight is 197 g/mol. The molecule has 0 spiro atoms. The zero-order chi connectivity index (χ0) is 10.3. The Bertz CT molecular complexity index is 657. The number of fused-ring (bicyclic) bond motifs is 3. The minimum Gasteiger partial charge on any atom is -0.298 e. The number of carbonyl (C=O) groups excluding carboxylic acids is 1. The zero-order valence-electron chi connectivity index (χ0n) is 7.79. The van der Waals surface area contributed by atoms with E-state index in [1.165, 1.54) is 0 Å². The highest BCUT2D eigenvalue weighted by Crippen LogP contribution is 2.14. The Balaban J connectivity index is 2.48. The van der Waals surface area contributed by atoms with Crippen molar-refractivity contribution in [1.82, 2.24) is 14.4 Å². The fraction of sp³-hybridized carbons (Fsp3) is 0. The molecule has 4 nitrogen and oxygen atoms in total. The fourth-order valence-electron chi connectivity index (χ4n) is 1.62. The summed E-state index contributed by atoms with van der Waals surface area (Å²) in [5.41, 5.74) is 2.90. The van der Waals surface area contributed by atoms with E-state index >= 15 is 0 Å². The molecule has 3 aromatic heterocycles. The van der Waals surface area contributed by atoms with E-state index in [0.29, 0.717) is 5.56 Å². The summed E-state index contributed by atoms with van der Waals surface area (Å²) in [5.74, 6) is 0. The van der Waals surface area contributed by atoms with Crippen molar-refractivity contribution in [3.8, 4) is 0 Å². The Morgan fingerprint density at radius 3 is 3.13 bits per heavy atom. The first-order valence-electron chi connectivity index (χ1n) is 4.56. The first-order valence-corrected chi connectivity index (χ1v) is 4.56. The van der Waals surface area contributed by atoms with E-state index in [1.807, 2.05) is 28.8 Å². The van der Waals surface area contributed by atoms with Crippen LogP contribution in [0.5, 0.6) is 0 Å². The van der Waals surface area contributed by atoms with E-state index in [-0.39, 0.29) is 0 Å². The van der Waals surface area contributed by atoms with Gasteiger partial charge in [-0.25, -0.2) is 9.97 Å². The highest BCUT2D eigenvalue weighted by Gasteiger charge is 2.04. The molecule has 0 saturated heterocycles. The van der Waals surface area contributed by atoms with Crippen LogP contribution < -0.4 is 0 Å². The Hall–Kier alpha value is -2.23. The first-order chi connectivity index (χ1) is 7.38. The smallest absolute Gasteiger partial charge is 0.164 e. The summed E-state index contributed by atoms with van der Waals surface area (Å²) in [6.07, 6.45) is 4.23. The Kier molecular flexibility index (Phi) is 1.56. The molecule has 0 fully saturated rings. The molecular formula is C11H7N3O. The maximum atomic E-state index is 10.6. The van der Waals surface area contributed by atoms with Gasteiger partial charge in [0.2, 0.25) is 0 Å². The van der Waals surface area contributed by atoms with Gasteiger partial charge in [-0.05, 0) is 18.2 Å².